The van der Waals surface area contributed by atoms with Crippen molar-refractivity contribution in [1.82, 2.24) is 14.8 Å². The van der Waals surface area contributed by atoms with E-state index < -0.39 is 16.0 Å². The van der Waals surface area contributed by atoms with E-state index in [4.69, 9.17) is 9.84 Å². The van der Waals surface area contributed by atoms with Gasteiger partial charge in [-0.05, 0) is 38.0 Å². The van der Waals surface area contributed by atoms with Crippen molar-refractivity contribution in [3.63, 3.8) is 0 Å². The number of hydrogen-bond acceptors (Lipinski definition) is 7. The molecule has 1 aliphatic rings. The maximum atomic E-state index is 12.4. The zero-order chi connectivity index (χ0) is 22.3. The number of carbonyl (C=O) groups is 1. The van der Waals surface area contributed by atoms with Gasteiger partial charge in [-0.2, -0.15) is 5.10 Å². The van der Waals surface area contributed by atoms with Crippen LogP contribution in [0.15, 0.2) is 53.9 Å². The Kier molecular flexibility index (Phi) is 5.18. The van der Waals surface area contributed by atoms with E-state index in [9.17, 15) is 13.2 Å². The number of rotatable bonds is 7. The fourth-order valence-corrected chi connectivity index (χ4v) is 5.55. The van der Waals surface area contributed by atoms with E-state index >= 15 is 0 Å². The maximum Gasteiger partial charge on any atom is 0.357 e. The van der Waals surface area contributed by atoms with Gasteiger partial charge in [0.25, 0.3) is 0 Å². The molecule has 5 rings (SSSR count). The van der Waals surface area contributed by atoms with Crippen LogP contribution in [-0.2, 0) is 14.8 Å². The third-order valence-corrected chi connectivity index (χ3v) is 7.79. The molecule has 2 aromatic heterocycles. The highest BCUT2D eigenvalue weighted by molar-refractivity contribution is 7.93. The lowest BCUT2D eigenvalue weighted by Crippen LogP contribution is -2.17. The summed E-state index contributed by atoms with van der Waals surface area (Å²) >= 11 is 1.26. The van der Waals surface area contributed by atoms with Crippen LogP contribution in [-0.4, -0.2) is 41.0 Å². The Morgan fingerprint density at radius 3 is 2.72 bits per heavy atom. The largest absolute Gasteiger partial charge is 0.461 e. The van der Waals surface area contributed by atoms with Crippen molar-refractivity contribution >= 4 is 43.9 Å². The van der Waals surface area contributed by atoms with Crippen LogP contribution in [0, 0.1) is 0 Å². The minimum atomic E-state index is -3.40. The zero-order valence-electron chi connectivity index (χ0n) is 17.2. The highest BCUT2D eigenvalue weighted by atomic mass is 32.2. The first-order valence-electron chi connectivity index (χ1n) is 10.2. The standard InChI is InChI=1S/C22H20N4O4S2/c1-2-30-21(27)18-13-31-22(23-18)26-19-12-15(25-32(28,29)16-9-10-16)8-11-17(19)20(24-26)14-6-4-3-5-7-14/h3-8,11-13,16,25H,2,9-10H2,1H3. The number of anilines is 1. The molecule has 0 saturated heterocycles. The average Bonchev–Trinajstić information content (AvgIpc) is 3.43. The number of aromatic nitrogens is 3. The van der Waals surface area contributed by atoms with Gasteiger partial charge in [-0.1, -0.05) is 30.3 Å². The molecule has 0 unspecified atom stereocenters. The van der Waals surface area contributed by atoms with Gasteiger partial charge in [-0.15, -0.1) is 11.3 Å². The molecule has 1 aliphatic carbocycles. The summed E-state index contributed by atoms with van der Waals surface area (Å²) in [7, 11) is -3.40. The van der Waals surface area contributed by atoms with E-state index in [2.05, 4.69) is 9.71 Å². The summed E-state index contributed by atoms with van der Waals surface area (Å²) in [6.07, 6.45) is 1.37. The van der Waals surface area contributed by atoms with Crippen molar-refractivity contribution < 1.29 is 17.9 Å². The monoisotopic (exact) mass is 468 g/mol. The van der Waals surface area contributed by atoms with Crippen LogP contribution >= 0.6 is 11.3 Å². The molecule has 164 valence electrons. The topological polar surface area (TPSA) is 103 Å². The number of benzene rings is 2. The third kappa shape index (κ3) is 3.87. The van der Waals surface area contributed by atoms with Gasteiger partial charge in [0, 0.05) is 16.3 Å². The molecule has 0 spiro atoms. The summed E-state index contributed by atoms with van der Waals surface area (Å²) in [5.41, 5.74) is 3.02. The first kappa shape index (κ1) is 20.7. The molecule has 2 aromatic carbocycles. The Bertz CT molecular complexity index is 1410. The molecule has 0 amide bonds. The zero-order valence-corrected chi connectivity index (χ0v) is 18.8. The van der Waals surface area contributed by atoms with E-state index in [1.54, 1.807) is 29.1 Å². The van der Waals surface area contributed by atoms with Gasteiger partial charge in [0.2, 0.25) is 15.2 Å². The molecule has 0 aliphatic heterocycles. The van der Waals surface area contributed by atoms with Crippen LogP contribution in [0.25, 0.3) is 27.3 Å². The Balaban J connectivity index is 1.63. The van der Waals surface area contributed by atoms with Gasteiger partial charge < -0.3 is 4.74 Å². The highest BCUT2D eigenvalue weighted by Crippen LogP contribution is 2.34. The second kappa shape index (κ2) is 8.03. The van der Waals surface area contributed by atoms with Crippen molar-refractivity contribution in [1.29, 1.82) is 0 Å². The van der Waals surface area contributed by atoms with Crippen molar-refractivity contribution in [3.8, 4) is 16.4 Å². The lowest BCUT2D eigenvalue weighted by Gasteiger charge is -2.07. The van der Waals surface area contributed by atoms with Crippen molar-refractivity contribution in [2.45, 2.75) is 25.0 Å². The summed E-state index contributed by atoms with van der Waals surface area (Å²) in [5, 5.41) is 7.41. The number of carbonyl (C=O) groups excluding carboxylic acids is 1. The molecule has 0 atom stereocenters. The second-order valence-electron chi connectivity index (χ2n) is 7.44. The fourth-order valence-electron chi connectivity index (χ4n) is 3.42. The van der Waals surface area contributed by atoms with Gasteiger partial charge in [0.15, 0.2) is 5.69 Å². The quantitative estimate of drug-likeness (QED) is 0.407. The molecular formula is C22H20N4O4S2. The van der Waals surface area contributed by atoms with Gasteiger partial charge >= 0.3 is 5.97 Å². The predicted octanol–water partition coefficient (Wildman–Crippen LogP) is 4.23. The number of fused-ring (bicyclic) bond motifs is 1. The molecule has 8 nitrogen and oxygen atoms in total. The number of thiazole rings is 1. The van der Waals surface area contributed by atoms with Gasteiger partial charge in [0.1, 0.15) is 5.69 Å². The maximum absolute atomic E-state index is 12.4. The summed E-state index contributed by atoms with van der Waals surface area (Å²) in [6, 6.07) is 15.1. The average molecular weight is 469 g/mol. The first-order chi connectivity index (χ1) is 15.5. The molecule has 0 bridgehead atoms. The minimum absolute atomic E-state index is 0.211. The number of hydrogen-bond donors (Lipinski definition) is 1. The lowest BCUT2D eigenvalue weighted by molar-refractivity contribution is 0.0520. The molecule has 2 heterocycles. The normalized spacial score (nSPS) is 13.9. The van der Waals surface area contributed by atoms with Crippen LogP contribution in [0.5, 0.6) is 0 Å². The van der Waals surface area contributed by atoms with E-state index in [1.165, 1.54) is 11.3 Å². The number of esters is 1. The molecule has 1 N–H and O–H groups in total. The van der Waals surface area contributed by atoms with Gasteiger partial charge in [0.05, 0.1) is 23.1 Å². The molecule has 0 radical (unpaired) electrons. The van der Waals surface area contributed by atoms with Crippen LogP contribution in [0.1, 0.15) is 30.3 Å². The Hall–Kier alpha value is -3.24. The number of nitrogens with one attached hydrogen (secondary N) is 1. The van der Waals surface area contributed by atoms with Crippen molar-refractivity contribution in [3.05, 3.63) is 59.6 Å². The molecule has 4 aromatic rings. The van der Waals surface area contributed by atoms with Crippen LogP contribution < -0.4 is 4.72 Å². The molecule has 1 fully saturated rings. The smallest absolute Gasteiger partial charge is 0.357 e. The minimum Gasteiger partial charge on any atom is -0.461 e. The first-order valence-corrected chi connectivity index (χ1v) is 12.6. The molecular weight excluding hydrogens is 448 g/mol. The van der Waals surface area contributed by atoms with E-state index in [0.29, 0.717) is 29.2 Å². The summed E-state index contributed by atoms with van der Waals surface area (Å²) in [4.78, 5) is 16.5. The number of nitrogens with zero attached hydrogens (tertiary/aromatic N) is 3. The number of ether oxygens (including phenoxy) is 1. The van der Waals surface area contributed by atoms with Crippen molar-refractivity contribution in [2.75, 3.05) is 11.3 Å². The lowest BCUT2D eigenvalue weighted by atomic mass is 10.1. The third-order valence-electron chi connectivity index (χ3n) is 5.11. The van der Waals surface area contributed by atoms with Crippen LogP contribution in [0.2, 0.25) is 0 Å². The van der Waals surface area contributed by atoms with Crippen molar-refractivity contribution in [2.24, 2.45) is 0 Å². The molecule has 32 heavy (non-hydrogen) atoms. The Morgan fingerprint density at radius 2 is 2.00 bits per heavy atom. The summed E-state index contributed by atoms with van der Waals surface area (Å²) in [5.74, 6) is -0.493. The fraction of sp³-hybridized carbons (Fsp3) is 0.227. The summed E-state index contributed by atoms with van der Waals surface area (Å²) in [6.45, 7) is 2.00. The van der Waals surface area contributed by atoms with Crippen LogP contribution in [0.4, 0.5) is 5.69 Å². The number of sulfonamides is 1. The Morgan fingerprint density at radius 1 is 1.22 bits per heavy atom. The van der Waals surface area contributed by atoms with E-state index in [0.717, 1.165) is 16.6 Å². The predicted molar refractivity (Wildman–Crippen MR) is 124 cm³/mol. The van der Waals surface area contributed by atoms with Gasteiger partial charge in [-0.3, -0.25) is 4.72 Å². The van der Waals surface area contributed by atoms with E-state index in [-0.39, 0.29) is 17.6 Å². The molecule has 1 saturated carbocycles. The second-order valence-corrected chi connectivity index (χ2v) is 10.2. The van der Waals surface area contributed by atoms with Crippen LogP contribution in [0.3, 0.4) is 0 Å². The highest BCUT2D eigenvalue weighted by Gasteiger charge is 2.35. The Labute approximate surface area is 188 Å². The summed E-state index contributed by atoms with van der Waals surface area (Å²) < 4.78 is 34.2. The van der Waals surface area contributed by atoms with Gasteiger partial charge in [-0.25, -0.2) is 22.9 Å². The molecule has 10 heteroatoms. The van der Waals surface area contributed by atoms with E-state index in [1.807, 2.05) is 36.4 Å². The SMILES string of the molecule is CCOC(=O)c1csc(-n2nc(-c3ccccc3)c3ccc(NS(=O)(=O)C4CC4)cc32)n1.